The molecule has 0 aliphatic heterocycles. The van der Waals surface area contributed by atoms with Crippen LogP contribution in [0, 0.1) is 12.3 Å². The number of alkyl carbamates (subject to hydrolysis) is 1. The quantitative estimate of drug-likeness (QED) is 0.557. The SMILES string of the molecule is Cc1ccc(S(=O)(=O)NN=CC23CCC(NC(=O)OC(C)(C)C)(CC2)CC3)cc1. The molecule has 0 saturated heterocycles. The molecule has 29 heavy (non-hydrogen) atoms. The first-order chi connectivity index (χ1) is 13.4. The van der Waals surface area contributed by atoms with Crippen LogP contribution in [0.1, 0.15) is 64.9 Å². The van der Waals surface area contributed by atoms with E-state index in [1.54, 1.807) is 30.5 Å². The summed E-state index contributed by atoms with van der Waals surface area (Å²) in [6.45, 7) is 7.46. The van der Waals surface area contributed by atoms with Crippen LogP contribution >= 0.6 is 0 Å². The van der Waals surface area contributed by atoms with Crippen molar-refractivity contribution < 1.29 is 17.9 Å². The summed E-state index contributed by atoms with van der Waals surface area (Å²) in [6, 6.07) is 6.67. The fourth-order valence-corrected chi connectivity index (χ4v) is 4.91. The number of benzene rings is 1. The predicted molar refractivity (Wildman–Crippen MR) is 112 cm³/mol. The first-order valence-corrected chi connectivity index (χ1v) is 11.6. The summed E-state index contributed by atoms with van der Waals surface area (Å²) in [7, 11) is -3.67. The van der Waals surface area contributed by atoms with Crippen LogP contribution in [0.4, 0.5) is 4.79 Å². The number of fused-ring (bicyclic) bond motifs is 3. The lowest BCUT2D eigenvalue weighted by Crippen LogP contribution is -2.57. The highest BCUT2D eigenvalue weighted by Crippen LogP contribution is 2.51. The normalized spacial score (nSPS) is 27.0. The molecule has 3 fully saturated rings. The predicted octanol–water partition coefficient (Wildman–Crippen LogP) is 3.88. The highest BCUT2D eigenvalue weighted by atomic mass is 32.2. The molecule has 3 aliphatic carbocycles. The van der Waals surface area contributed by atoms with Gasteiger partial charge in [0.25, 0.3) is 10.0 Å². The Hall–Kier alpha value is -2.09. The van der Waals surface area contributed by atoms with Crippen LogP contribution in [0.15, 0.2) is 34.3 Å². The largest absolute Gasteiger partial charge is 0.444 e. The van der Waals surface area contributed by atoms with E-state index >= 15 is 0 Å². The molecule has 3 aliphatic rings. The van der Waals surface area contributed by atoms with Gasteiger partial charge in [0, 0.05) is 17.2 Å². The first kappa shape index (κ1) is 21.6. The second kappa shape index (κ2) is 7.63. The number of carbonyl (C=O) groups excluding carboxylic acids is 1. The molecule has 1 aromatic rings. The smallest absolute Gasteiger partial charge is 0.408 e. The van der Waals surface area contributed by atoms with Gasteiger partial charge in [-0.05, 0) is 78.4 Å². The molecule has 3 saturated carbocycles. The van der Waals surface area contributed by atoms with Gasteiger partial charge in [-0.1, -0.05) is 17.7 Å². The molecular formula is C21H31N3O4S. The molecule has 160 valence electrons. The van der Waals surface area contributed by atoms with E-state index in [1.165, 1.54) is 0 Å². The fourth-order valence-electron chi connectivity index (χ4n) is 4.12. The molecule has 4 rings (SSSR count). The zero-order valence-corrected chi connectivity index (χ0v) is 18.4. The zero-order valence-electron chi connectivity index (χ0n) is 17.6. The van der Waals surface area contributed by atoms with Crippen molar-refractivity contribution >= 4 is 22.3 Å². The Morgan fingerprint density at radius 2 is 1.62 bits per heavy atom. The molecule has 0 radical (unpaired) electrons. The number of carbonyl (C=O) groups is 1. The first-order valence-electron chi connectivity index (χ1n) is 10.1. The average Bonchev–Trinajstić information content (AvgIpc) is 2.62. The van der Waals surface area contributed by atoms with E-state index in [2.05, 4.69) is 15.2 Å². The summed E-state index contributed by atoms with van der Waals surface area (Å²) in [4.78, 5) is 14.7. The summed E-state index contributed by atoms with van der Waals surface area (Å²) < 4.78 is 30.2. The number of hydrogen-bond donors (Lipinski definition) is 2. The van der Waals surface area contributed by atoms with Gasteiger partial charge in [-0.15, -0.1) is 0 Å². The maximum absolute atomic E-state index is 12.4. The number of hydrazone groups is 1. The van der Waals surface area contributed by atoms with Crippen molar-refractivity contribution in [3.05, 3.63) is 29.8 Å². The Kier molecular flexibility index (Phi) is 5.69. The number of rotatable bonds is 5. The van der Waals surface area contributed by atoms with Crippen molar-refractivity contribution in [2.45, 2.75) is 82.3 Å². The van der Waals surface area contributed by atoms with Gasteiger partial charge in [-0.25, -0.2) is 9.63 Å². The maximum Gasteiger partial charge on any atom is 0.408 e. The van der Waals surface area contributed by atoms with Crippen molar-refractivity contribution in [3.63, 3.8) is 0 Å². The minimum absolute atomic E-state index is 0.118. The molecule has 0 heterocycles. The van der Waals surface area contributed by atoms with E-state index in [-0.39, 0.29) is 21.9 Å². The van der Waals surface area contributed by atoms with Gasteiger partial charge in [0.05, 0.1) is 4.90 Å². The molecule has 2 N–H and O–H groups in total. The van der Waals surface area contributed by atoms with E-state index in [4.69, 9.17) is 4.74 Å². The summed E-state index contributed by atoms with van der Waals surface area (Å²) in [6.07, 6.45) is 6.48. The Morgan fingerprint density at radius 3 is 2.14 bits per heavy atom. The van der Waals surface area contributed by atoms with Gasteiger partial charge >= 0.3 is 6.09 Å². The Bertz CT molecular complexity index is 861. The van der Waals surface area contributed by atoms with Crippen LogP contribution in [-0.2, 0) is 14.8 Å². The number of amides is 1. The number of nitrogens with zero attached hydrogens (tertiary/aromatic N) is 1. The van der Waals surface area contributed by atoms with Gasteiger partial charge in [0.1, 0.15) is 5.60 Å². The number of sulfonamides is 1. The Labute approximate surface area is 173 Å². The minimum atomic E-state index is -3.67. The number of hydrogen-bond acceptors (Lipinski definition) is 5. The second-order valence-corrected chi connectivity index (χ2v) is 11.1. The third-order valence-electron chi connectivity index (χ3n) is 5.91. The van der Waals surface area contributed by atoms with Crippen LogP contribution in [0.2, 0.25) is 0 Å². The molecule has 7 nitrogen and oxygen atoms in total. The standard InChI is InChI=1S/C21H31N3O4S/c1-16-5-7-17(8-6-16)29(26,27)24-22-15-20-9-12-21(13-10-20,14-11-20)23-18(25)28-19(2,3)4/h5-8,15,24H,9-14H2,1-4H3,(H,23,25). The van der Waals surface area contributed by atoms with E-state index in [9.17, 15) is 13.2 Å². The van der Waals surface area contributed by atoms with E-state index < -0.39 is 15.6 Å². The maximum atomic E-state index is 12.4. The third kappa shape index (κ3) is 5.29. The number of ether oxygens (including phenoxy) is 1. The van der Waals surface area contributed by atoms with Gasteiger partial charge in [0.2, 0.25) is 0 Å². The number of aryl methyl sites for hydroxylation is 1. The molecule has 0 spiro atoms. The Balaban J connectivity index is 1.58. The highest BCUT2D eigenvalue weighted by Gasteiger charge is 2.49. The van der Waals surface area contributed by atoms with Crippen molar-refractivity contribution in [1.82, 2.24) is 10.1 Å². The van der Waals surface area contributed by atoms with Gasteiger partial charge in [0.15, 0.2) is 0 Å². The van der Waals surface area contributed by atoms with Crippen molar-refractivity contribution in [2.75, 3.05) is 0 Å². The van der Waals surface area contributed by atoms with E-state index in [1.807, 2.05) is 27.7 Å². The summed E-state index contributed by atoms with van der Waals surface area (Å²) in [5.41, 5.74) is 0.140. The van der Waals surface area contributed by atoms with Gasteiger partial charge in [-0.2, -0.15) is 13.5 Å². The van der Waals surface area contributed by atoms with Crippen molar-refractivity contribution in [1.29, 1.82) is 0 Å². The number of nitrogens with one attached hydrogen (secondary N) is 2. The van der Waals surface area contributed by atoms with Crippen LogP contribution < -0.4 is 10.1 Å². The molecular weight excluding hydrogens is 390 g/mol. The molecule has 0 aromatic heterocycles. The summed E-state index contributed by atoms with van der Waals surface area (Å²) in [5.74, 6) is 0. The summed E-state index contributed by atoms with van der Waals surface area (Å²) in [5, 5.41) is 7.17. The molecule has 1 aromatic carbocycles. The van der Waals surface area contributed by atoms with Crippen molar-refractivity contribution in [3.8, 4) is 0 Å². The molecule has 0 atom stereocenters. The van der Waals surface area contributed by atoms with E-state index in [0.717, 1.165) is 44.1 Å². The van der Waals surface area contributed by atoms with Crippen LogP contribution in [0.3, 0.4) is 0 Å². The lowest BCUT2D eigenvalue weighted by molar-refractivity contribution is 0.0247. The molecule has 0 unspecified atom stereocenters. The van der Waals surface area contributed by atoms with Gasteiger partial charge < -0.3 is 10.1 Å². The molecule has 1 amide bonds. The monoisotopic (exact) mass is 421 g/mol. The van der Waals surface area contributed by atoms with Gasteiger partial charge in [-0.3, -0.25) is 0 Å². The average molecular weight is 422 g/mol. The van der Waals surface area contributed by atoms with Crippen LogP contribution in [0.25, 0.3) is 0 Å². The Morgan fingerprint density at radius 1 is 1.07 bits per heavy atom. The van der Waals surface area contributed by atoms with Crippen LogP contribution in [0.5, 0.6) is 0 Å². The molecule has 8 heteroatoms. The molecule has 2 bridgehead atoms. The van der Waals surface area contributed by atoms with Crippen LogP contribution in [-0.4, -0.2) is 31.9 Å². The lowest BCUT2D eigenvalue weighted by Gasteiger charge is -2.52. The van der Waals surface area contributed by atoms with E-state index in [0.29, 0.717) is 0 Å². The zero-order chi connectivity index (χ0) is 21.3. The summed E-state index contributed by atoms with van der Waals surface area (Å²) >= 11 is 0. The topological polar surface area (TPSA) is 96.9 Å². The van der Waals surface area contributed by atoms with Crippen molar-refractivity contribution in [2.24, 2.45) is 10.5 Å². The fraction of sp³-hybridized carbons (Fsp3) is 0.619. The minimum Gasteiger partial charge on any atom is -0.444 e. The lowest BCUT2D eigenvalue weighted by atomic mass is 9.58. The third-order valence-corrected chi connectivity index (χ3v) is 7.15. The second-order valence-electron chi connectivity index (χ2n) is 9.44. The highest BCUT2D eigenvalue weighted by molar-refractivity contribution is 7.89.